The van der Waals surface area contributed by atoms with Gasteiger partial charge in [0.2, 0.25) is 0 Å². The molecule has 0 radical (unpaired) electrons. The van der Waals surface area contributed by atoms with E-state index in [0.29, 0.717) is 6.04 Å². The zero-order valence-corrected chi connectivity index (χ0v) is 7.26. The highest BCUT2D eigenvalue weighted by Crippen LogP contribution is 2.16. The van der Waals surface area contributed by atoms with Crippen molar-refractivity contribution < 1.29 is 4.42 Å². The van der Waals surface area contributed by atoms with Gasteiger partial charge in [0.1, 0.15) is 11.5 Å². The largest absolute Gasteiger partial charge is 0.465 e. The minimum Gasteiger partial charge on any atom is -0.465 e. The Labute approximate surface area is 72.1 Å². The van der Waals surface area contributed by atoms with Gasteiger partial charge in [-0.25, -0.2) is 0 Å². The molecule has 3 nitrogen and oxygen atoms in total. The van der Waals surface area contributed by atoms with E-state index in [2.05, 4.69) is 10.6 Å². The van der Waals surface area contributed by atoms with Crippen molar-refractivity contribution in [2.45, 2.75) is 13.0 Å². The zero-order valence-electron chi connectivity index (χ0n) is 7.26. The van der Waals surface area contributed by atoms with Gasteiger partial charge in [-0.3, -0.25) is 0 Å². The molecule has 1 atom stereocenters. The van der Waals surface area contributed by atoms with E-state index >= 15 is 0 Å². The lowest BCUT2D eigenvalue weighted by Crippen LogP contribution is -2.42. The normalized spacial score (nSPS) is 24.2. The van der Waals surface area contributed by atoms with Crippen LogP contribution in [0.3, 0.4) is 0 Å². The lowest BCUT2D eigenvalue weighted by Gasteiger charge is -2.22. The Bertz CT molecular complexity index is 251. The summed E-state index contributed by atoms with van der Waals surface area (Å²) < 4.78 is 5.52. The number of hydrogen-bond donors (Lipinski definition) is 2. The van der Waals surface area contributed by atoms with Crippen LogP contribution in [-0.2, 0) is 0 Å². The highest BCUT2D eigenvalue weighted by Gasteiger charge is 2.16. The minimum absolute atomic E-state index is 0.354. The fraction of sp³-hybridized carbons (Fsp3) is 0.556. The molecule has 1 aliphatic rings. The molecule has 0 saturated carbocycles. The van der Waals surface area contributed by atoms with E-state index < -0.39 is 0 Å². The average molecular weight is 166 g/mol. The standard InChI is InChI=1S/C9H14N2O/c1-7-2-3-9(12-7)8-6-10-4-5-11-8/h2-3,8,10-11H,4-6H2,1H3/t8-/m1/s1. The molecule has 1 saturated heterocycles. The molecular weight excluding hydrogens is 152 g/mol. The van der Waals surface area contributed by atoms with E-state index in [1.54, 1.807) is 0 Å². The van der Waals surface area contributed by atoms with Gasteiger partial charge < -0.3 is 15.1 Å². The van der Waals surface area contributed by atoms with Gasteiger partial charge in [-0.05, 0) is 19.1 Å². The Balaban J connectivity index is 2.08. The fourth-order valence-corrected chi connectivity index (χ4v) is 1.50. The second kappa shape index (κ2) is 3.29. The van der Waals surface area contributed by atoms with Gasteiger partial charge >= 0.3 is 0 Å². The van der Waals surface area contributed by atoms with Crippen LogP contribution in [0.25, 0.3) is 0 Å². The molecule has 2 heterocycles. The molecule has 0 aromatic carbocycles. The Morgan fingerprint density at radius 1 is 1.42 bits per heavy atom. The third kappa shape index (κ3) is 1.52. The summed E-state index contributed by atoms with van der Waals surface area (Å²) in [7, 11) is 0. The summed E-state index contributed by atoms with van der Waals surface area (Å²) in [5, 5.41) is 6.71. The molecule has 2 rings (SSSR count). The molecule has 3 heteroatoms. The third-order valence-corrected chi connectivity index (χ3v) is 2.15. The summed E-state index contributed by atoms with van der Waals surface area (Å²) in [6.45, 7) is 5.01. The summed E-state index contributed by atoms with van der Waals surface area (Å²) in [6, 6.07) is 4.40. The molecule has 0 amide bonds. The molecule has 1 aromatic heterocycles. The van der Waals surface area contributed by atoms with Crippen LogP contribution in [-0.4, -0.2) is 19.6 Å². The predicted octanol–water partition coefficient (Wildman–Crippen LogP) is 0.822. The molecule has 0 aliphatic carbocycles. The maximum absolute atomic E-state index is 5.52. The molecule has 2 N–H and O–H groups in total. The SMILES string of the molecule is Cc1ccc([C@H]2CNCCN2)o1. The van der Waals surface area contributed by atoms with Gasteiger partial charge in [0.15, 0.2) is 0 Å². The highest BCUT2D eigenvalue weighted by atomic mass is 16.3. The second-order valence-corrected chi connectivity index (χ2v) is 3.16. The van der Waals surface area contributed by atoms with Crippen LogP contribution in [0.2, 0.25) is 0 Å². The Morgan fingerprint density at radius 2 is 2.33 bits per heavy atom. The topological polar surface area (TPSA) is 37.2 Å². The Morgan fingerprint density at radius 3 is 2.92 bits per heavy atom. The number of hydrogen-bond acceptors (Lipinski definition) is 3. The summed E-state index contributed by atoms with van der Waals surface area (Å²) in [5.74, 6) is 2.03. The first-order chi connectivity index (χ1) is 5.86. The lowest BCUT2D eigenvalue weighted by molar-refractivity contribution is 0.356. The molecule has 1 aromatic rings. The van der Waals surface area contributed by atoms with Gasteiger partial charge in [0, 0.05) is 19.6 Å². The minimum atomic E-state index is 0.354. The first kappa shape index (κ1) is 7.83. The van der Waals surface area contributed by atoms with Gasteiger partial charge in [-0.15, -0.1) is 0 Å². The van der Waals surface area contributed by atoms with Crippen molar-refractivity contribution >= 4 is 0 Å². The van der Waals surface area contributed by atoms with Crippen LogP contribution in [0.5, 0.6) is 0 Å². The zero-order chi connectivity index (χ0) is 8.39. The van der Waals surface area contributed by atoms with Crippen molar-refractivity contribution in [3.05, 3.63) is 23.7 Å². The van der Waals surface area contributed by atoms with Gasteiger partial charge in [0.25, 0.3) is 0 Å². The summed E-state index contributed by atoms with van der Waals surface area (Å²) in [6.07, 6.45) is 0. The number of piperazine rings is 1. The lowest BCUT2D eigenvalue weighted by atomic mass is 10.2. The van der Waals surface area contributed by atoms with E-state index in [-0.39, 0.29) is 0 Å². The fourth-order valence-electron chi connectivity index (χ4n) is 1.50. The van der Waals surface area contributed by atoms with Crippen LogP contribution < -0.4 is 10.6 Å². The van der Waals surface area contributed by atoms with Crippen molar-refractivity contribution in [1.82, 2.24) is 10.6 Å². The van der Waals surface area contributed by atoms with Crippen molar-refractivity contribution in [1.29, 1.82) is 0 Å². The van der Waals surface area contributed by atoms with Gasteiger partial charge in [-0.2, -0.15) is 0 Å². The molecule has 0 bridgehead atoms. The van der Waals surface area contributed by atoms with Gasteiger partial charge in [0.05, 0.1) is 6.04 Å². The van der Waals surface area contributed by atoms with Crippen molar-refractivity contribution in [2.75, 3.05) is 19.6 Å². The average Bonchev–Trinajstić information content (AvgIpc) is 2.54. The molecule has 12 heavy (non-hydrogen) atoms. The quantitative estimate of drug-likeness (QED) is 0.648. The number of furan rings is 1. The maximum atomic E-state index is 5.52. The van der Waals surface area contributed by atoms with E-state index in [1.165, 1.54) is 0 Å². The molecule has 66 valence electrons. The Hall–Kier alpha value is -0.800. The van der Waals surface area contributed by atoms with Crippen molar-refractivity contribution in [2.24, 2.45) is 0 Å². The van der Waals surface area contributed by atoms with Crippen molar-refractivity contribution in [3.8, 4) is 0 Å². The van der Waals surface area contributed by atoms with Crippen LogP contribution in [0, 0.1) is 6.92 Å². The number of nitrogens with one attached hydrogen (secondary N) is 2. The van der Waals surface area contributed by atoms with Crippen LogP contribution in [0.1, 0.15) is 17.6 Å². The second-order valence-electron chi connectivity index (χ2n) is 3.16. The monoisotopic (exact) mass is 166 g/mol. The molecule has 1 aliphatic heterocycles. The number of rotatable bonds is 1. The molecule has 0 unspecified atom stereocenters. The summed E-state index contributed by atoms with van der Waals surface area (Å²) >= 11 is 0. The third-order valence-electron chi connectivity index (χ3n) is 2.15. The molecule has 0 spiro atoms. The number of aryl methyl sites for hydroxylation is 1. The van der Waals surface area contributed by atoms with Crippen molar-refractivity contribution in [3.63, 3.8) is 0 Å². The molecule has 1 fully saturated rings. The van der Waals surface area contributed by atoms with E-state index in [0.717, 1.165) is 31.2 Å². The summed E-state index contributed by atoms with van der Waals surface area (Å²) in [4.78, 5) is 0. The van der Waals surface area contributed by atoms with Crippen LogP contribution >= 0.6 is 0 Å². The smallest absolute Gasteiger partial charge is 0.122 e. The van der Waals surface area contributed by atoms with Crippen LogP contribution in [0.15, 0.2) is 16.5 Å². The summed E-state index contributed by atoms with van der Waals surface area (Å²) in [5.41, 5.74) is 0. The van der Waals surface area contributed by atoms with Crippen LogP contribution in [0.4, 0.5) is 0 Å². The highest BCUT2D eigenvalue weighted by molar-refractivity contribution is 5.10. The van der Waals surface area contributed by atoms with E-state index in [9.17, 15) is 0 Å². The molecular formula is C9H14N2O. The van der Waals surface area contributed by atoms with Gasteiger partial charge in [-0.1, -0.05) is 0 Å². The maximum Gasteiger partial charge on any atom is 0.122 e. The first-order valence-corrected chi connectivity index (χ1v) is 4.37. The predicted molar refractivity (Wildman–Crippen MR) is 47.1 cm³/mol. The van der Waals surface area contributed by atoms with E-state index in [4.69, 9.17) is 4.42 Å². The first-order valence-electron chi connectivity index (χ1n) is 4.37. The Kier molecular flexibility index (Phi) is 2.15. The van der Waals surface area contributed by atoms with E-state index in [1.807, 2.05) is 19.1 Å².